The zero-order valence-corrected chi connectivity index (χ0v) is 14.1. The lowest BCUT2D eigenvalue weighted by Crippen LogP contribution is -2.29. The molecule has 0 radical (unpaired) electrons. The molecule has 8 nitrogen and oxygen atoms in total. The summed E-state index contributed by atoms with van der Waals surface area (Å²) in [5, 5.41) is 14.9. The Hall–Kier alpha value is -2.92. The van der Waals surface area contributed by atoms with E-state index in [0.717, 1.165) is 12.1 Å². The molecule has 2 aromatic heterocycles. The van der Waals surface area contributed by atoms with Crippen LogP contribution in [0.3, 0.4) is 0 Å². The highest BCUT2D eigenvalue weighted by molar-refractivity contribution is 7.89. The average molecular weight is 380 g/mol. The van der Waals surface area contributed by atoms with Crippen molar-refractivity contribution in [1.29, 1.82) is 0 Å². The van der Waals surface area contributed by atoms with Gasteiger partial charge in [-0.2, -0.15) is 5.10 Å². The smallest absolute Gasteiger partial charge is 0.240 e. The Morgan fingerprint density at radius 2 is 1.88 bits per heavy atom. The summed E-state index contributed by atoms with van der Waals surface area (Å²) in [7, 11) is -3.93. The molecule has 0 unspecified atom stereocenters. The zero-order valence-electron chi connectivity index (χ0n) is 13.3. The number of aromatic nitrogens is 4. The molecule has 0 bridgehead atoms. The summed E-state index contributed by atoms with van der Waals surface area (Å²) in [5.41, 5.74) is 0. The molecule has 2 N–H and O–H groups in total. The van der Waals surface area contributed by atoms with Gasteiger partial charge in [0.25, 0.3) is 0 Å². The van der Waals surface area contributed by atoms with Crippen molar-refractivity contribution in [2.75, 3.05) is 18.4 Å². The van der Waals surface area contributed by atoms with Crippen LogP contribution in [-0.2, 0) is 10.0 Å². The zero-order chi connectivity index (χ0) is 18.6. The van der Waals surface area contributed by atoms with Crippen LogP contribution < -0.4 is 10.0 Å². The van der Waals surface area contributed by atoms with Crippen LogP contribution in [0, 0.1) is 11.6 Å². The maximum atomic E-state index is 13.2. The fourth-order valence-electron chi connectivity index (χ4n) is 2.05. The molecule has 0 spiro atoms. The third kappa shape index (κ3) is 4.18. The van der Waals surface area contributed by atoms with Crippen LogP contribution in [0.4, 0.5) is 14.6 Å². The molecule has 136 valence electrons. The van der Waals surface area contributed by atoms with Gasteiger partial charge in [-0.15, -0.1) is 10.2 Å². The van der Waals surface area contributed by atoms with Crippen molar-refractivity contribution in [2.24, 2.45) is 0 Å². The first-order valence-electron chi connectivity index (χ1n) is 7.48. The van der Waals surface area contributed by atoms with Crippen LogP contribution in [0.2, 0.25) is 0 Å². The number of halogens is 2. The van der Waals surface area contributed by atoms with Crippen molar-refractivity contribution < 1.29 is 17.2 Å². The lowest BCUT2D eigenvalue weighted by atomic mass is 10.3. The summed E-state index contributed by atoms with van der Waals surface area (Å²) in [6.45, 7) is 0.239. The molecular weight excluding hydrogens is 366 g/mol. The van der Waals surface area contributed by atoms with E-state index in [2.05, 4.69) is 25.3 Å². The number of anilines is 1. The second kappa shape index (κ2) is 7.54. The number of sulfonamides is 1. The standard InChI is InChI=1S/C15H14F2N6O2S/c16-12-3-2-11(10-13(12)17)26(24,25)20-8-7-18-14-4-5-15(22-21-14)23-9-1-6-19-23/h1-6,9-10,20H,7-8H2,(H,18,21). The molecule has 0 aliphatic rings. The van der Waals surface area contributed by atoms with Crippen molar-refractivity contribution in [3.8, 4) is 5.82 Å². The summed E-state index contributed by atoms with van der Waals surface area (Å²) in [6, 6.07) is 7.52. The summed E-state index contributed by atoms with van der Waals surface area (Å²) in [4.78, 5) is -0.347. The number of nitrogens with one attached hydrogen (secondary N) is 2. The van der Waals surface area contributed by atoms with E-state index in [4.69, 9.17) is 0 Å². The van der Waals surface area contributed by atoms with Gasteiger partial charge in [-0.1, -0.05) is 0 Å². The summed E-state index contributed by atoms with van der Waals surface area (Å²) in [5.74, 6) is -1.34. The summed E-state index contributed by atoms with van der Waals surface area (Å²) >= 11 is 0. The Kier molecular flexibility index (Phi) is 5.19. The lowest BCUT2D eigenvalue weighted by Gasteiger charge is -2.08. The van der Waals surface area contributed by atoms with Crippen LogP contribution >= 0.6 is 0 Å². The Morgan fingerprint density at radius 3 is 2.54 bits per heavy atom. The van der Waals surface area contributed by atoms with Crippen LogP contribution in [0.1, 0.15) is 0 Å². The first-order chi connectivity index (χ1) is 12.5. The van der Waals surface area contributed by atoms with Gasteiger partial charge >= 0.3 is 0 Å². The average Bonchev–Trinajstić information content (AvgIpc) is 3.16. The highest BCUT2D eigenvalue weighted by atomic mass is 32.2. The van der Waals surface area contributed by atoms with E-state index in [1.54, 1.807) is 35.3 Å². The third-order valence-corrected chi connectivity index (χ3v) is 4.77. The molecule has 0 fully saturated rings. The molecule has 26 heavy (non-hydrogen) atoms. The maximum Gasteiger partial charge on any atom is 0.240 e. The number of benzene rings is 1. The highest BCUT2D eigenvalue weighted by Crippen LogP contribution is 2.13. The Morgan fingerprint density at radius 1 is 1.04 bits per heavy atom. The molecular formula is C15H14F2N6O2S. The molecule has 0 aliphatic heterocycles. The largest absolute Gasteiger partial charge is 0.367 e. The van der Waals surface area contributed by atoms with E-state index >= 15 is 0 Å². The Labute approximate surface area is 147 Å². The topological polar surface area (TPSA) is 102 Å². The van der Waals surface area contributed by atoms with Crippen molar-refractivity contribution >= 4 is 15.8 Å². The van der Waals surface area contributed by atoms with Crippen molar-refractivity contribution in [3.63, 3.8) is 0 Å². The van der Waals surface area contributed by atoms with Crippen molar-refractivity contribution in [1.82, 2.24) is 24.7 Å². The Bertz CT molecular complexity index is 978. The van der Waals surface area contributed by atoms with Gasteiger partial charge in [-0.3, -0.25) is 0 Å². The fourth-order valence-corrected chi connectivity index (χ4v) is 3.09. The van der Waals surface area contributed by atoms with Gasteiger partial charge in [0.2, 0.25) is 10.0 Å². The summed E-state index contributed by atoms with van der Waals surface area (Å²) < 4.78 is 53.9. The van der Waals surface area contributed by atoms with Gasteiger partial charge in [-0.05, 0) is 36.4 Å². The number of hydrogen-bond acceptors (Lipinski definition) is 6. The number of nitrogens with zero attached hydrogens (tertiary/aromatic N) is 4. The quantitative estimate of drug-likeness (QED) is 0.600. The second-order valence-electron chi connectivity index (χ2n) is 5.13. The van der Waals surface area contributed by atoms with Gasteiger partial charge in [0.1, 0.15) is 5.82 Å². The van der Waals surface area contributed by atoms with E-state index in [-0.39, 0.29) is 18.0 Å². The summed E-state index contributed by atoms with van der Waals surface area (Å²) in [6.07, 6.45) is 3.34. The van der Waals surface area contributed by atoms with E-state index < -0.39 is 21.7 Å². The van der Waals surface area contributed by atoms with E-state index in [9.17, 15) is 17.2 Å². The molecule has 11 heteroatoms. The van der Waals surface area contributed by atoms with Gasteiger partial charge in [0.05, 0.1) is 4.90 Å². The van der Waals surface area contributed by atoms with Gasteiger partial charge in [0.15, 0.2) is 17.5 Å². The van der Waals surface area contributed by atoms with Crippen molar-refractivity contribution in [3.05, 3.63) is 60.4 Å². The minimum atomic E-state index is -3.93. The van der Waals surface area contributed by atoms with E-state index in [0.29, 0.717) is 17.7 Å². The van der Waals surface area contributed by atoms with Gasteiger partial charge in [0, 0.05) is 25.5 Å². The molecule has 0 saturated carbocycles. The first-order valence-corrected chi connectivity index (χ1v) is 8.96. The predicted molar refractivity (Wildman–Crippen MR) is 89.2 cm³/mol. The minimum absolute atomic E-state index is 0.0178. The maximum absolute atomic E-state index is 13.2. The molecule has 0 saturated heterocycles. The van der Waals surface area contributed by atoms with Crippen molar-refractivity contribution in [2.45, 2.75) is 4.90 Å². The first kappa shape index (κ1) is 17.9. The molecule has 0 amide bonds. The molecule has 0 aliphatic carbocycles. The fraction of sp³-hybridized carbons (Fsp3) is 0.133. The SMILES string of the molecule is O=S(=O)(NCCNc1ccc(-n2cccn2)nn1)c1ccc(F)c(F)c1. The molecule has 2 heterocycles. The molecule has 0 atom stereocenters. The predicted octanol–water partition coefficient (Wildman–Crippen LogP) is 1.33. The van der Waals surface area contributed by atoms with Crippen LogP contribution in [0.5, 0.6) is 0 Å². The Balaban J connectivity index is 1.52. The highest BCUT2D eigenvalue weighted by Gasteiger charge is 2.15. The number of rotatable bonds is 7. The van der Waals surface area contributed by atoms with Gasteiger partial charge < -0.3 is 5.32 Å². The lowest BCUT2D eigenvalue weighted by molar-refractivity contribution is 0.504. The van der Waals surface area contributed by atoms with Gasteiger partial charge in [-0.25, -0.2) is 26.6 Å². The van der Waals surface area contributed by atoms with Crippen LogP contribution in [0.25, 0.3) is 5.82 Å². The van der Waals surface area contributed by atoms with E-state index in [1.807, 2.05) is 0 Å². The molecule has 3 aromatic rings. The monoisotopic (exact) mass is 380 g/mol. The molecule has 3 rings (SSSR count). The third-order valence-electron chi connectivity index (χ3n) is 3.31. The second-order valence-corrected chi connectivity index (χ2v) is 6.89. The van der Waals surface area contributed by atoms with Crippen LogP contribution in [-0.4, -0.2) is 41.5 Å². The number of hydrogen-bond donors (Lipinski definition) is 2. The van der Waals surface area contributed by atoms with E-state index in [1.165, 1.54) is 0 Å². The normalized spacial score (nSPS) is 11.5. The minimum Gasteiger partial charge on any atom is -0.367 e. The molecule has 1 aromatic carbocycles. The van der Waals surface area contributed by atoms with Crippen LogP contribution in [0.15, 0.2) is 53.7 Å².